The van der Waals surface area contributed by atoms with Crippen LogP contribution in [0.3, 0.4) is 0 Å². The molecule has 0 saturated carbocycles. The van der Waals surface area contributed by atoms with E-state index in [1.807, 2.05) is 26.8 Å². The molecule has 1 atom stereocenters. The Bertz CT molecular complexity index is 989. The van der Waals surface area contributed by atoms with Crippen molar-refractivity contribution in [2.24, 2.45) is 0 Å². The first-order chi connectivity index (χ1) is 13.4. The number of aryl methyl sites for hydroxylation is 3. The zero-order chi connectivity index (χ0) is 19.8. The summed E-state index contributed by atoms with van der Waals surface area (Å²) in [6.07, 6.45) is 2.31. The number of phenols is 1. The minimum absolute atomic E-state index is 0.244. The van der Waals surface area contributed by atoms with E-state index in [1.54, 1.807) is 10.6 Å². The molecule has 0 unspecified atom stereocenters. The normalized spacial score (nSPS) is 17.9. The predicted octanol–water partition coefficient (Wildman–Crippen LogP) is 3.32. The first-order valence-electron chi connectivity index (χ1n) is 9.98. The Hall–Kier alpha value is -2.67. The summed E-state index contributed by atoms with van der Waals surface area (Å²) in [5, 5.41) is 18.5. The van der Waals surface area contributed by atoms with Gasteiger partial charge in [0.05, 0.1) is 5.69 Å². The highest BCUT2D eigenvalue weighted by molar-refractivity contribution is 5.72. The van der Waals surface area contributed by atoms with Gasteiger partial charge in [-0.2, -0.15) is 9.50 Å². The number of fused-ring (bicyclic) bond motifs is 1. The SMILES string of the molecule is CCN1CCC[C@@H](Nc2nc3nc(-c4c(C)cc(C)cc4O)cc(C)n3n2)C1. The predicted molar refractivity (Wildman–Crippen MR) is 111 cm³/mol. The van der Waals surface area contributed by atoms with E-state index in [4.69, 9.17) is 0 Å². The molecule has 1 aromatic carbocycles. The van der Waals surface area contributed by atoms with Crippen LogP contribution in [0.5, 0.6) is 5.75 Å². The molecule has 0 amide bonds. The lowest BCUT2D eigenvalue weighted by Crippen LogP contribution is -2.42. The molecule has 28 heavy (non-hydrogen) atoms. The van der Waals surface area contributed by atoms with E-state index in [2.05, 4.69) is 38.3 Å². The quantitative estimate of drug-likeness (QED) is 0.723. The highest BCUT2D eigenvalue weighted by atomic mass is 16.3. The van der Waals surface area contributed by atoms with Crippen molar-refractivity contribution in [3.8, 4) is 17.0 Å². The number of nitrogens with zero attached hydrogens (tertiary/aromatic N) is 5. The van der Waals surface area contributed by atoms with Gasteiger partial charge in [0.2, 0.25) is 5.95 Å². The minimum Gasteiger partial charge on any atom is -0.507 e. The highest BCUT2D eigenvalue weighted by Gasteiger charge is 2.21. The Balaban J connectivity index is 1.67. The molecule has 0 aliphatic carbocycles. The molecule has 7 heteroatoms. The van der Waals surface area contributed by atoms with E-state index < -0.39 is 0 Å². The van der Waals surface area contributed by atoms with Crippen molar-refractivity contribution in [2.75, 3.05) is 25.0 Å². The van der Waals surface area contributed by atoms with E-state index in [0.717, 1.165) is 48.4 Å². The summed E-state index contributed by atoms with van der Waals surface area (Å²) in [6, 6.07) is 6.12. The van der Waals surface area contributed by atoms with Crippen LogP contribution in [-0.4, -0.2) is 55.3 Å². The Morgan fingerprint density at radius 1 is 1.18 bits per heavy atom. The average molecular weight is 380 g/mol. The molecule has 1 aliphatic heterocycles. The number of nitrogens with one attached hydrogen (secondary N) is 1. The van der Waals surface area contributed by atoms with E-state index >= 15 is 0 Å². The number of anilines is 1. The molecule has 7 nitrogen and oxygen atoms in total. The van der Waals surface area contributed by atoms with Crippen LogP contribution >= 0.6 is 0 Å². The third-order valence-electron chi connectivity index (χ3n) is 5.49. The van der Waals surface area contributed by atoms with Crippen molar-refractivity contribution in [3.63, 3.8) is 0 Å². The van der Waals surface area contributed by atoms with Crippen molar-refractivity contribution >= 4 is 11.7 Å². The maximum absolute atomic E-state index is 10.5. The Kier molecular flexibility index (Phi) is 4.93. The molecule has 2 aromatic heterocycles. The van der Waals surface area contributed by atoms with Crippen molar-refractivity contribution in [1.29, 1.82) is 0 Å². The molecule has 0 radical (unpaired) electrons. The van der Waals surface area contributed by atoms with Crippen LogP contribution in [0.15, 0.2) is 18.2 Å². The van der Waals surface area contributed by atoms with E-state index in [9.17, 15) is 5.11 Å². The molecule has 0 spiro atoms. The number of aromatic nitrogens is 4. The number of likely N-dealkylation sites (tertiary alicyclic amines) is 1. The first-order valence-corrected chi connectivity index (χ1v) is 9.98. The van der Waals surface area contributed by atoms with Gasteiger partial charge in [-0.15, -0.1) is 5.10 Å². The lowest BCUT2D eigenvalue weighted by atomic mass is 10.0. The first kappa shape index (κ1) is 18.7. The van der Waals surface area contributed by atoms with Crippen molar-refractivity contribution in [1.82, 2.24) is 24.5 Å². The number of benzene rings is 1. The van der Waals surface area contributed by atoms with Crippen molar-refractivity contribution in [2.45, 2.75) is 46.6 Å². The molecule has 0 bridgehead atoms. The number of hydrogen-bond donors (Lipinski definition) is 2. The molecule has 3 aromatic rings. The number of aromatic hydroxyl groups is 1. The van der Waals surface area contributed by atoms with Gasteiger partial charge in [0.15, 0.2) is 0 Å². The number of phenolic OH excluding ortho intramolecular Hbond substituents is 1. The van der Waals surface area contributed by atoms with Gasteiger partial charge in [-0.05, 0) is 70.0 Å². The molecule has 2 N–H and O–H groups in total. The van der Waals surface area contributed by atoms with Crippen molar-refractivity contribution < 1.29 is 5.11 Å². The summed E-state index contributed by atoms with van der Waals surface area (Å²) < 4.78 is 1.76. The Labute approximate surface area is 165 Å². The van der Waals surface area contributed by atoms with Crippen LogP contribution in [0.25, 0.3) is 17.0 Å². The van der Waals surface area contributed by atoms with E-state index in [1.165, 1.54) is 6.42 Å². The second kappa shape index (κ2) is 7.39. The number of piperidine rings is 1. The van der Waals surface area contributed by atoms with Crippen LogP contribution < -0.4 is 5.32 Å². The lowest BCUT2D eigenvalue weighted by molar-refractivity contribution is 0.226. The monoisotopic (exact) mass is 380 g/mol. The lowest BCUT2D eigenvalue weighted by Gasteiger charge is -2.31. The number of likely N-dealkylation sites (N-methyl/N-ethyl adjacent to an activating group) is 1. The summed E-state index contributed by atoms with van der Waals surface area (Å²) in [5.74, 6) is 1.40. The Morgan fingerprint density at radius 2 is 2.00 bits per heavy atom. The fraction of sp³-hybridized carbons (Fsp3) is 0.476. The van der Waals surface area contributed by atoms with Crippen LogP contribution in [0.1, 0.15) is 36.6 Å². The van der Waals surface area contributed by atoms with Gasteiger partial charge >= 0.3 is 0 Å². The standard InChI is InChI=1S/C21H28N6O/c1-5-26-8-6-7-16(12-26)22-20-24-21-23-17(11-15(4)27(21)25-20)19-14(3)9-13(2)10-18(19)28/h9-11,16,28H,5-8,12H2,1-4H3,(H,22,25)/t16-/m1/s1. The fourth-order valence-electron chi connectivity index (χ4n) is 4.12. The zero-order valence-electron chi connectivity index (χ0n) is 17.0. The molecule has 148 valence electrons. The highest BCUT2D eigenvalue weighted by Crippen LogP contribution is 2.33. The van der Waals surface area contributed by atoms with Crippen molar-refractivity contribution in [3.05, 3.63) is 35.0 Å². The number of rotatable bonds is 4. The van der Waals surface area contributed by atoms with Crippen LogP contribution in [0, 0.1) is 20.8 Å². The van der Waals surface area contributed by atoms with Gasteiger partial charge in [-0.25, -0.2) is 4.98 Å². The van der Waals surface area contributed by atoms with Crippen LogP contribution in [0.2, 0.25) is 0 Å². The third kappa shape index (κ3) is 3.54. The molecule has 3 heterocycles. The summed E-state index contributed by atoms with van der Waals surface area (Å²) in [7, 11) is 0. The topological polar surface area (TPSA) is 78.6 Å². The fourth-order valence-corrected chi connectivity index (χ4v) is 4.12. The van der Waals surface area contributed by atoms with Crippen LogP contribution in [0.4, 0.5) is 5.95 Å². The maximum Gasteiger partial charge on any atom is 0.254 e. The minimum atomic E-state index is 0.244. The van der Waals surface area contributed by atoms with Gasteiger partial charge in [-0.1, -0.05) is 13.0 Å². The molecule has 1 fully saturated rings. The van der Waals surface area contributed by atoms with Crippen LogP contribution in [-0.2, 0) is 0 Å². The van der Waals surface area contributed by atoms with E-state index in [0.29, 0.717) is 23.5 Å². The maximum atomic E-state index is 10.5. The largest absolute Gasteiger partial charge is 0.507 e. The molecular formula is C21H28N6O. The molecule has 1 aliphatic rings. The smallest absolute Gasteiger partial charge is 0.254 e. The molecular weight excluding hydrogens is 352 g/mol. The second-order valence-corrected chi connectivity index (χ2v) is 7.78. The number of hydrogen-bond acceptors (Lipinski definition) is 6. The van der Waals surface area contributed by atoms with E-state index in [-0.39, 0.29) is 5.75 Å². The molecule has 1 saturated heterocycles. The summed E-state index contributed by atoms with van der Waals surface area (Å²) in [4.78, 5) is 11.7. The van der Waals surface area contributed by atoms with Gasteiger partial charge in [0.1, 0.15) is 5.75 Å². The Morgan fingerprint density at radius 3 is 2.75 bits per heavy atom. The summed E-state index contributed by atoms with van der Waals surface area (Å²) >= 11 is 0. The third-order valence-corrected chi connectivity index (χ3v) is 5.49. The summed E-state index contributed by atoms with van der Waals surface area (Å²) in [5.41, 5.74) is 4.42. The zero-order valence-corrected chi connectivity index (χ0v) is 17.0. The molecule has 4 rings (SSSR count). The average Bonchev–Trinajstić information content (AvgIpc) is 3.04. The van der Waals surface area contributed by atoms with Gasteiger partial charge in [-0.3, -0.25) is 0 Å². The van der Waals surface area contributed by atoms with Gasteiger partial charge in [0, 0.05) is 23.8 Å². The second-order valence-electron chi connectivity index (χ2n) is 7.78. The summed E-state index contributed by atoms with van der Waals surface area (Å²) in [6.45, 7) is 11.4. The van der Waals surface area contributed by atoms with Gasteiger partial charge < -0.3 is 15.3 Å². The van der Waals surface area contributed by atoms with Gasteiger partial charge in [0.25, 0.3) is 5.78 Å².